The molecule has 0 fully saturated rings. The number of fused-ring (bicyclic) bond motifs is 2. The van der Waals surface area contributed by atoms with E-state index in [1.54, 1.807) is 0 Å². The summed E-state index contributed by atoms with van der Waals surface area (Å²) in [6.45, 7) is 0. The van der Waals surface area contributed by atoms with E-state index in [9.17, 15) is 0 Å². The van der Waals surface area contributed by atoms with E-state index in [-0.39, 0.29) is 22.1 Å². The first-order valence-electron chi connectivity index (χ1n) is 7.89. The predicted octanol–water partition coefficient (Wildman–Crippen LogP) is 2.78. The van der Waals surface area contributed by atoms with Crippen LogP contribution in [-0.4, -0.2) is 9.97 Å². The van der Waals surface area contributed by atoms with Gasteiger partial charge in [0.15, 0.2) is 0 Å². The number of aromatic nitrogens is 2. The number of rotatable bonds is 0. The highest BCUT2D eigenvalue weighted by Gasteiger charge is 1.98. The molecule has 0 saturated heterocycles. The van der Waals surface area contributed by atoms with Gasteiger partial charge in [0.25, 0.3) is 0 Å². The Morgan fingerprint density at radius 1 is 0.643 bits per heavy atom. The van der Waals surface area contributed by atoms with Gasteiger partial charge in [-0.2, -0.15) is 0 Å². The summed E-state index contributed by atoms with van der Waals surface area (Å²) in [7, 11) is 0. The SMILES string of the molecule is [2H]c1c([2H])c([2H])c2nc3c([2H])c([2H])c([2H])c([2H])c3nc2c1[2H]. The monoisotopic (exact) mass is 188 g/mol. The zero-order valence-corrected chi connectivity index (χ0v) is 6.89. The van der Waals surface area contributed by atoms with Crippen LogP contribution in [0.1, 0.15) is 11.0 Å². The Morgan fingerprint density at radius 3 is 1.21 bits per heavy atom. The summed E-state index contributed by atoms with van der Waals surface area (Å²) in [6, 6.07) is -3.43. The first kappa shape index (κ1) is 3.02. The van der Waals surface area contributed by atoms with Crippen LogP contribution in [0, 0.1) is 0 Å². The maximum atomic E-state index is 7.84. The second kappa shape index (κ2) is 2.77. The Labute approximate surface area is 92.5 Å². The molecule has 14 heavy (non-hydrogen) atoms. The molecule has 0 saturated carbocycles. The van der Waals surface area contributed by atoms with E-state index in [1.807, 2.05) is 0 Å². The molecular formula is C12H8N2. The van der Waals surface area contributed by atoms with Crippen molar-refractivity contribution in [2.24, 2.45) is 0 Å². The third-order valence-electron chi connectivity index (χ3n) is 1.74. The van der Waals surface area contributed by atoms with Gasteiger partial charge < -0.3 is 0 Å². The Balaban J connectivity index is 2.64. The molecule has 1 heterocycles. The smallest absolute Gasteiger partial charge is 0.0894 e. The molecule has 1 aromatic heterocycles. The van der Waals surface area contributed by atoms with E-state index in [1.165, 1.54) is 0 Å². The van der Waals surface area contributed by atoms with Crippen molar-refractivity contribution in [2.45, 2.75) is 0 Å². The standard InChI is InChI=1S/C12H8N2/c1-2-6-10-9(5-1)13-11-7-3-4-8-12(11)14-10/h1-8H/i1D,2D,3D,4D,5D,6D,7D,8D. The summed E-state index contributed by atoms with van der Waals surface area (Å²) in [5.41, 5.74) is -0.487. The van der Waals surface area contributed by atoms with Gasteiger partial charge in [0, 0.05) is 0 Å². The van der Waals surface area contributed by atoms with Gasteiger partial charge in [-0.1, -0.05) is 24.2 Å². The first-order chi connectivity index (χ1) is 10.3. The molecular weight excluding hydrogens is 172 g/mol. The molecule has 2 nitrogen and oxygen atoms in total. The van der Waals surface area contributed by atoms with Gasteiger partial charge in [-0.25, -0.2) is 9.97 Å². The minimum Gasteiger partial charge on any atom is -0.245 e. The summed E-state index contributed by atoms with van der Waals surface area (Å²) in [5, 5.41) is 0. The molecule has 66 valence electrons. The lowest BCUT2D eigenvalue weighted by molar-refractivity contribution is 1.39. The zero-order valence-electron chi connectivity index (χ0n) is 14.9. The Bertz CT molecular complexity index is 816. The zero-order chi connectivity index (χ0) is 16.3. The average Bonchev–Trinajstić information content (AvgIpc) is 2.52. The quantitative estimate of drug-likeness (QED) is 0.507. The largest absolute Gasteiger partial charge is 0.245 e. The number of hydrogen-bond acceptors (Lipinski definition) is 2. The molecule has 3 rings (SSSR count). The van der Waals surface area contributed by atoms with E-state index in [0.717, 1.165) is 0 Å². The van der Waals surface area contributed by atoms with Gasteiger partial charge in [-0.05, 0) is 24.2 Å². The molecule has 0 unspecified atom stereocenters. The summed E-state index contributed by atoms with van der Waals surface area (Å²) in [6.07, 6.45) is 0. The van der Waals surface area contributed by atoms with Gasteiger partial charge in [0.1, 0.15) is 0 Å². The van der Waals surface area contributed by atoms with Crippen LogP contribution < -0.4 is 0 Å². The summed E-state index contributed by atoms with van der Waals surface area (Å²) < 4.78 is 61.9. The molecule has 0 aliphatic rings. The van der Waals surface area contributed by atoms with Crippen molar-refractivity contribution in [2.75, 3.05) is 0 Å². The molecule has 0 amide bonds. The van der Waals surface area contributed by atoms with E-state index in [0.29, 0.717) is 0 Å². The fraction of sp³-hybridized carbons (Fsp3) is 0. The van der Waals surface area contributed by atoms with Gasteiger partial charge in [0.2, 0.25) is 0 Å². The van der Waals surface area contributed by atoms with Gasteiger partial charge >= 0.3 is 0 Å². The van der Waals surface area contributed by atoms with E-state index in [2.05, 4.69) is 9.97 Å². The van der Waals surface area contributed by atoms with Crippen molar-refractivity contribution in [3.05, 3.63) is 48.3 Å². The number of para-hydroxylation sites is 4. The molecule has 0 spiro atoms. The third kappa shape index (κ3) is 1.04. The first-order valence-corrected chi connectivity index (χ1v) is 3.89. The van der Waals surface area contributed by atoms with Crippen LogP contribution in [0.3, 0.4) is 0 Å². The highest BCUT2D eigenvalue weighted by Crippen LogP contribution is 2.14. The Morgan fingerprint density at radius 2 is 0.929 bits per heavy atom. The van der Waals surface area contributed by atoms with Crippen LogP contribution in [0.4, 0.5) is 0 Å². The van der Waals surface area contributed by atoms with Gasteiger partial charge in [-0.3, -0.25) is 0 Å². The maximum absolute atomic E-state index is 7.84. The second-order valence-corrected chi connectivity index (χ2v) is 2.62. The van der Waals surface area contributed by atoms with Crippen LogP contribution in [0.5, 0.6) is 0 Å². The molecule has 3 aromatic rings. The lowest BCUT2D eigenvalue weighted by atomic mass is 10.2. The van der Waals surface area contributed by atoms with Crippen molar-refractivity contribution >= 4 is 22.1 Å². The molecule has 0 atom stereocenters. The minimum atomic E-state index is -0.466. The lowest BCUT2D eigenvalue weighted by Gasteiger charge is -1.98. The molecule has 0 N–H and O–H groups in total. The van der Waals surface area contributed by atoms with Crippen molar-refractivity contribution in [3.8, 4) is 0 Å². The molecule has 2 aromatic carbocycles. The Hall–Kier alpha value is -1.96. The normalized spacial score (nSPS) is 18.9. The van der Waals surface area contributed by atoms with Crippen molar-refractivity contribution in [1.82, 2.24) is 9.97 Å². The second-order valence-electron chi connectivity index (χ2n) is 2.62. The molecule has 0 radical (unpaired) electrons. The molecule has 0 aliphatic carbocycles. The fourth-order valence-electron chi connectivity index (χ4n) is 1.15. The Kier molecular flexibility index (Phi) is 0.598. The topological polar surface area (TPSA) is 25.8 Å². The third-order valence-corrected chi connectivity index (χ3v) is 1.74. The average molecular weight is 188 g/mol. The minimum absolute atomic E-state index is 0.122. The highest BCUT2D eigenvalue weighted by atomic mass is 14.8. The molecule has 0 bridgehead atoms. The summed E-state index contributed by atoms with van der Waals surface area (Å²) >= 11 is 0. The van der Waals surface area contributed by atoms with Crippen LogP contribution in [0.25, 0.3) is 22.1 Å². The summed E-state index contributed by atoms with van der Waals surface area (Å²) in [5.74, 6) is 0. The van der Waals surface area contributed by atoms with Crippen LogP contribution >= 0.6 is 0 Å². The van der Waals surface area contributed by atoms with Gasteiger partial charge in [-0.15, -0.1) is 0 Å². The summed E-state index contributed by atoms with van der Waals surface area (Å²) in [4.78, 5) is 8.04. The van der Waals surface area contributed by atoms with E-state index >= 15 is 0 Å². The number of nitrogens with zero attached hydrogens (tertiary/aromatic N) is 2. The van der Waals surface area contributed by atoms with Crippen LogP contribution in [-0.2, 0) is 0 Å². The lowest BCUT2D eigenvalue weighted by Crippen LogP contribution is -1.85. The van der Waals surface area contributed by atoms with E-state index in [4.69, 9.17) is 11.0 Å². The van der Waals surface area contributed by atoms with E-state index < -0.39 is 48.3 Å². The molecule has 0 aliphatic heterocycles. The van der Waals surface area contributed by atoms with Gasteiger partial charge in [0.05, 0.1) is 33.0 Å². The van der Waals surface area contributed by atoms with Crippen molar-refractivity contribution < 1.29 is 11.0 Å². The maximum Gasteiger partial charge on any atom is 0.0894 e. The van der Waals surface area contributed by atoms with Crippen molar-refractivity contribution in [3.63, 3.8) is 0 Å². The number of hydrogen-bond donors (Lipinski definition) is 0. The van der Waals surface area contributed by atoms with Crippen LogP contribution in [0.15, 0.2) is 48.3 Å². The number of benzene rings is 2. The highest BCUT2D eigenvalue weighted by molar-refractivity contribution is 5.85. The predicted molar refractivity (Wildman–Crippen MR) is 57.0 cm³/mol. The fourth-order valence-corrected chi connectivity index (χ4v) is 1.15. The van der Waals surface area contributed by atoms with Crippen LogP contribution in [0.2, 0.25) is 0 Å². The molecule has 2 heteroatoms. The van der Waals surface area contributed by atoms with Crippen molar-refractivity contribution in [1.29, 1.82) is 0 Å².